The number of ether oxygens (including phenoxy) is 1. The smallest absolute Gasteiger partial charge is 0.189 e. The molecule has 96 valence electrons. The molecular weight excluding hydrogens is 244 g/mol. The van der Waals surface area contributed by atoms with Crippen molar-refractivity contribution >= 4 is 11.3 Å². The van der Waals surface area contributed by atoms with Crippen molar-refractivity contribution in [3.05, 3.63) is 48.4 Å². The predicted molar refractivity (Wildman–Crippen MR) is 69.8 cm³/mol. The third kappa shape index (κ3) is 2.42. The van der Waals surface area contributed by atoms with Gasteiger partial charge < -0.3 is 15.6 Å². The first-order chi connectivity index (χ1) is 9.20. The lowest BCUT2D eigenvalue weighted by molar-refractivity contribution is 0.294. The molecule has 0 aliphatic carbocycles. The van der Waals surface area contributed by atoms with E-state index in [0.717, 1.165) is 0 Å². The second kappa shape index (κ2) is 4.49. The number of nitrogen functional groups attached to an aromatic ring is 1. The van der Waals surface area contributed by atoms with Crippen LogP contribution in [0.2, 0.25) is 0 Å². The summed E-state index contributed by atoms with van der Waals surface area (Å²) >= 11 is 0. The highest BCUT2D eigenvalue weighted by molar-refractivity contribution is 5.46. The zero-order chi connectivity index (χ0) is 13.2. The molecule has 3 rings (SSSR count). The molecule has 6 heteroatoms. The normalized spacial score (nSPS) is 10.7. The lowest BCUT2D eigenvalue weighted by Crippen LogP contribution is -1.98. The Balaban J connectivity index is 1.78. The average molecular weight is 256 g/mol. The SMILES string of the molecule is Nc1ccc2nc(COc3cccc(O)c3)nn2c1. The number of phenolic OH excluding ortho intramolecular Hbond substituents is 1. The van der Waals surface area contributed by atoms with E-state index < -0.39 is 0 Å². The van der Waals surface area contributed by atoms with Gasteiger partial charge in [0.2, 0.25) is 0 Å². The Morgan fingerprint density at radius 3 is 3.00 bits per heavy atom. The highest BCUT2D eigenvalue weighted by Gasteiger charge is 2.05. The number of hydrogen-bond donors (Lipinski definition) is 2. The zero-order valence-electron chi connectivity index (χ0n) is 10.0. The van der Waals surface area contributed by atoms with Crippen LogP contribution in [0.25, 0.3) is 5.65 Å². The molecule has 2 aromatic heterocycles. The number of benzene rings is 1. The van der Waals surface area contributed by atoms with E-state index in [1.807, 2.05) is 0 Å². The highest BCUT2D eigenvalue weighted by atomic mass is 16.5. The Labute approximate surface area is 109 Å². The number of nitrogens with two attached hydrogens (primary N) is 1. The highest BCUT2D eigenvalue weighted by Crippen LogP contribution is 2.18. The van der Waals surface area contributed by atoms with Gasteiger partial charge in [-0.05, 0) is 24.3 Å². The zero-order valence-corrected chi connectivity index (χ0v) is 10.0. The molecule has 0 aliphatic heterocycles. The maximum absolute atomic E-state index is 9.33. The van der Waals surface area contributed by atoms with Gasteiger partial charge in [-0.3, -0.25) is 0 Å². The van der Waals surface area contributed by atoms with E-state index in [1.165, 1.54) is 6.07 Å². The van der Waals surface area contributed by atoms with E-state index >= 15 is 0 Å². The van der Waals surface area contributed by atoms with Crippen LogP contribution < -0.4 is 10.5 Å². The summed E-state index contributed by atoms with van der Waals surface area (Å²) in [6, 6.07) is 10.1. The molecule has 0 fully saturated rings. The molecule has 1 aromatic carbocycles. The van der Waals surface area contributed by atoms with Crippen LogP contribution in [0.4, 0.5) is 5.69 Å². The van der Waals surface area contributed by atoms with Gasteiger partial charge >= 0.3 is 0 Å². The summed E-state index contributed by atoms with van der Waals surface area (Å²) < 4.78 is 7.11. The molecule has 0 bridgehead atoms. The van der Waals surface area contributed by atoms with Crippen LogP contribution >= 0.6 is 0 Å². The fourth-order valence-electron chi connectivity index (χ4n) is 1.73. The number of nitrogens with zero attached hydrogens (tertiary/aromatic N) is 3. The Morgan fingerprint density at radius 1 is 1.26 bits per heavy atom. The number of fused-ring (bicyclic) bond motifs is 1. The van der Waals surface area contributed by atoms with E-state index in [4.69, 9.17) is 10.5 Å². The van der Waals surface area contributed by atoms with Crippen molar-refractivity contribution in [3.63, 3.8) is 0 Å². The van der Waals surface area contributed by atoms with Crippen molar-refractivity contribution in [2.75, 3.05) is 5.73 Å². The first kappa shape index (κ1) is 11.3. The Morgan fingerprint density at radius 2 is 2.16 bits per heavy atom. The number of phenols is 1. The quantitative estimate of drug-likeness (QED) is 0.743. The Hall–Kier alpha value is -2.76. The van der Waals surface area contributed by atoms with E-state index in [0.29, 0.717) is 22.9 Å². The summed E-state index contributed by atoms with van der Waals surface area (Å²) in [5.41, 5.74) is 7.00. The number of rotatable bonds is 3. The number of anilines is 1. The minimum atomic E-state index is 0.160. The van der Waals surface area contributed by atoms with Gasteiger partial charge in [-0.1, -0.05) is 6.07 Å². The van der Waals surface area contributed by atoms with Gasteiger partial charge in [0.25, 0.3) is 0 Å². The standard InChI is InChI=1S/C13H12N4O2/c14-9-4-5-13-15-12(16-17(13)7-9)8-19-11-3-1-2-10(18)6-11/h1-7,18H,8,14H2. The molecule has 19 heavy (non-hydrogen) atoms. The average Bonchev–Trinajstić information content (AvgIpc) is 2.78. The molecule has 0 spiro atoms. The van der Waals surface area contributed by atoms with E-state index in [9.17, 15) is 5.11 Å². The first-order valence-electron chi connectivity index (χ1n) is 5.73. The molecule has 0 aliphatic rings. The van der Waals surface area contributed by atoms with Crippen LogP contribution in [0, 0.1) is 0 Å². The molecule has 0 amide bonds. The topological polar surface area (TPSA) is 85.7 Å². The second-order valence-electron chi connectivity index (χ2n) is 4.08. The summed E-state index contributed by atoms with van der Waals surface area (Å²) in [5.74, 6) is 1.28. The molecule has 0 radical (unpaired) electrons. The van der Waals surface area contributed by atoms with Crippen LogP contribution in [0.5, 0.6) is 11.5 Å². The Bertz CT molecular complexity index is 723. The number of hydrogen-bond acceptors (Lipinski definition) is 5. The summed E-state index contributed by atoms with van der Waals surface area (Å²) in [7, 11) is 0. The van der Waals surface area contributed by atoms with Crippen molar-refractivity contribution in [1.29, 1.82) is 0 Å². The lowest BCUT2D eigenvalue weighted by Gasteiger charge is -2.02. The third-order valence-corrected chi connectivity index (χ3v) is 2.58. The van der Waals surface area contributed by atoms with Gasteiger partial charge in [0.1, 0.15) is 18.1 Å². The van der Waals surface area contributed by atoms with Crippen LogP contribution in [0.1, 0.15) is 5.82 Å². The van der Waals surface area contributed by atoms with E-state index in [2.05, 4.69) is 10.1 Å². The van der Waals surface area contributed by atoms with E-state index in [-0.39, 0.29) is 12.4 Å². The second-order valence-corrected chi connectivity index (χ2v) is 4.08. The fourth-order valence-corrected chi connectivity index (χ4v) is 1.73. The summed E-state index contributed by atoms with van der Waals surface area (Å²) in [6.07, 6.45) is 1.69. The largest absolute Gasteiger partial charge is 0.508 e. The van der Waals surface area contributed by atoms with Gasteiger partial charge in [-0.15, -0.1) is 5.10 Å². The van der Waals surface area contributed by atoms with Crippen molar-refractivity contribution in [2.45, 2.75) is 6.61 Å². The summed E-state index contributed by atoms with van der Waals surface area (Å²) in [4.78, 5) is 4.30. The summed E-state index contributed by atoms with van der Waals surface area (Å²) in [5, 5.41) is 13.6. The molecule has 6 nitrogen and oxygen atoms in total. The number of aromatic nitrogens is 3. The maximum atomic E-state index is 9.33. The van der Waals surface area contributed by atoms with Crippen LogP contribution in [0.3, 0.4) is 0 Å². The van der Waals surface area contributed by atoms with Crippen molar-refractivity contribution in [2.24, 2.45) is 0 Å². The van der Waals surface area contributed by atoms with Crippen molar-refractivity contribution < 1.29 is 9.84 Å². The molecule has 3 aromatic rings. The van der Waals surface area contributed by atoms with Gasteiger partial charge in [-0.25, -0.2) is 9.50 Å². The number of pyridine rings is 1. The lowest BCUT2D eigenvalue weighted by atomic mass is 10.3. The molecule has 0 atom stereocenters. The molecule has 0 saturated heterocycles. The van der Waals surface area contributed by atoms with Crippen molar-refractivity contribution in [1.82, 2.24) is 14.6 Å². The van der Waals surface area contributed by atoms with Gasteiger partial charge in [0, 0.05) is 6.07 Å². The van der Waals surface area contributed by atoms with Crippen molar-refractivity contribution in [3.8, 4) is 11.5 Å². The number of aromatic hydroxyl groups is 1. The molecule has 0 unspecified atom stereocenters. The molecule has 2 heterocycles. The van der Waals surface area contributed by atoms with Crippen LogP contribution in [-0.2, 0) is 6.61 Å². The van der Waals surface area contributed by atoms with Gasteiger partial charge in [0.05, 0.1) is 11.9 Å². The minimum absolute atomic E-state index is 0.160. The van der Waals surface area contributed by atoms with Crippen LogP contribution in [-0.4, -0.2) is 19.7 Å². The first-order valence-corrected chi connectivity index (χ1v) is 5.73. The maximum Gasteiger partial charge on any atom is 0.189 e. The minimum Gasteiger partial charge on any atom is -0.508 e. The van der Waals surface area contributed by atoms with Crippen LogP contribution in [0.15, 0.2) is 42.6 Å². The molecular formula is C13H12N4O2. The van der Waals surface area contributed by atoms with E-state index in [1.54, 1.807) is 41.0 Å². The molecule has 0 saturated carbocycles. The van der Waals surface area contributed by atoms with Gasteiger partial charge in [-0.2, -0.15) is 0 Å². The summed E-state index contributed by atoms with van der Waals surface area (Å²) in [6.45, 7) is 0.227. The monoisotopic (exact) mass is 256 g/mol. The third-order valence-electron chi connectivity index (χ3n) is 2.58. The Kier molecular flexibility index (Phi) is 2.68. The predicted octanol–water partition coefficient (Wildman–Crippen LogP) is 1.60. The van der Waals surface area contributed by atoms with Gasteiger partial charge in [0.15, 0.2) is 11.5 Å². The molecule has 3 N–H and O–H groups in total. The fraction of sp³-hybridized carbons (Fsp3) is 0.0769.